The standard InChI is InChI=1S/C28H31N5O4S/c1-5-21-8-6-7-9-23(21)30-28(34)26-25(27-29-19(3)16-20(4)33(27)31-26)22-11-10-18(2)24(17-22)38(35,36)32-12-14-37-15-13-32/h6-11,16-17H,5,12-15H2,1-4H3,(H,30,34). The zero-order chi connectivity index (χ0) is 27.0. The molecular weight excluding hydrogens is 502 g/mol. The van der Waals surface area contributed by atoms with Crippen LogP contribution in [0.5, 0.6) is 0 Å². The van der Waals surface area contributed by atoms with E-state index in [1.807, 2.05) is 57.2 Å². The molecule has 1 aliphatic heterocycles. The summed E-state index contributed by atoms with van der Waals surface area (Å²) < 4.78 is 35.6. The lowest BCUT2D eigenvalue weighted by Gasteiger charge is -2.26. The van der Waals surface area contributed by atoms with E-state index in [9.17, 15) is 13.2 Å². The molecule has 0 saturated carbocycles. The third kappa shape index (κ3) is 4.70. The lowest BCUT2D eigenvalue weighted by Crippen LogP contribution is -2.40. The molecule has 1 aliphatic rings. The molecule has 10 heteroatoms. The summed E-state index contributed by atoms with van der Waals surface area (Å²) in [6, 6.07) is 14.7. The number of nitrogens with zero attached hydrogens (tertiary/aromatic N) is 4. The molecule has 38 heavy (non-hydrogen) atoms. The third-order valence-corrected chi connectivity index (χ3v) is 8.86. The van der Waals surface area contributed by atoms with E-state index in [2.05, 4.69) is 10.4 Å². The van der Waals surface area contributed by atoms with Crippen molar-refractivity contribution in [2.45, 2.75) is 39.0 Å². The van der Waals surface area contributed by atoms with Gasteiger partial charge in [0.1, 0.15) is 0 Å². The molecule has 9 nitrogen and oxygen atoms in total. The first-order valence-corrected chi connectivity index (χ1v) is 14.1. The quantitative estimate of drug-likeness (QED) is 0.399. The van der Waals surface area contributed by atoms with Crippen molar-refractivity contribution in [1.29, 1.82) is 0 Å². The van der Waals surface area contributed by atoms with Gasteiger partial charge in [-0.25, -0.2) is 17.9 Å². The molecule has 1 fully saturated rings. The van der Waals surface area contributed by atoms with Gasteiger partial charge in [0.25, 0.3) is 5.91 Å². The number of aromatic nitrogens is 3. The first kappa shape index (κ1) is 26.0. The summed E-state index contributed by atoms with van der Waals surface area (Å²) in [5.41, 5.74) is 5.65. The Bertz CT molecular complexity index is 1640. The molecule has 2 aromatic heterocycles. The summed E-state index contributed by atoms with van der Waals surface area (Å²) in [5.74, 6) is -0.387. The molecule has 0 unspecified atom stereocenters. The fourth-order valence-corrected chi connectivity index (χ4v) is 6.50. The van der Waals surface area contributed by atoms with Crippen LogP contribution >= 0.6 is 0 Å². The van der Waals surface area contributed by atoms with Gasteiger partial charge in [-0.15, -0.1) is 0 Å². The molecule has 1 amide bonds. The molecule has 0 bridgehead atoms. The maximum absolute atomic E-state index is 13.7. The number of carbonyl (C=O) groups excluding carboxylic acids is 1. The zero-order valence-corrected chi connectivity index (χ0v) is 22.8. The normalized spacial score (nSPS) is 14.6. The van der Waals surface area contributed by atoms with Gasteiger partial charge < -0.3 is 10.1 Å². The molecule has 5 rings (SSSR count). The van der Waals surface area contributed by atoms with Crippen molar-refractivity contribution in [3.8, 4) is 11.1 Å². The molecule has 2 aromatic carbocycles. The Morgan fingerprint density at radius 2 is 1.79 bits per heavy atom. The number of anilines is 1. The van der Waals surface area contributed by atoms with Gasteiger partial charge in [-0.2, -0.15) is 9.40 Å². The summed E-state index contributed by atoms with van der Waals surface area (Å²) in [4.78, 5) is 18.6. The van der Waals surface area contributed by atoms with Gasteiger partial charge in [0, 0.05) is 30.2 Å². The first-order chi connectivity index (χ1) is 18.2. The Hall–Kier alpha value is -3.60. The molecule has 198 valence electrons. The number of rotatable bonds is 6. The van der Waals surface area contributed by atoms with E-state index in [1.54, 1.807) is 23.6 Å². The topological polar surface area (TPSA) is 106 Å². The molecule has 4 aromatic rings. The number of sulfonamides is 1. The van der Waals surface area contributed by atoms with Crippen LogP contribution in [-0.2, 0) is 21.2 Å². The minimum absolute atomic E-state index is 0.177. The fraction of sp³-hybridized carbons (Fsp3) is 0.321. The average Bonchev–Trinajstić information content (AvgIpc) is 3.29. The SMILES string of the molecule is CCc1ccccc1NC(=O)c1nn2c(C)cc(C)nc2c1-c1ccc(C)c(S(=O)(=O)N2CCOCC2)c1. The number of morpholine rings is 1. The number of hydrogen-bond acceptors (Lipinski definition) is 6. The third-order valence-electron chi connectivity index (χ3n) is 6.82. The number of para-hydroxylation sites is 1. The Labute approximate surface area is 222 Å². The van der Waals surface area contributed by atoms with Crippen LogP contribution in [-0.4, -0.2) is 59.5 Å². The van der Waals surface area contributed by atoms with Crippen LogP contribution in [0, 0.1) is 20.8 Å². The Morgan fingerprint density at radius 1 is 1.05 bits per heavy atom. The second-order valence-electron chi connectivity index (χ2n) is 9.46. The maximum Gasteiger partial charge on any atom is 0.276 e. The number of nitrogens with one attached hydrogen (secondary N) is 1. The average molecular weight is 534 g/mol. The van der Waals surface area contributed by atoms with E-state index in [1.165, 1.54) is 4.31 Å². The Kier molecular flexibility index (Phi) is 7.04. The predicted molar refractivity (Wildman–Crippen MR) is 146 cm³/mol. The lowest BCUT2D eigenvalue weighted by molar-refractivity contribution is 0.0730. The fourth-order valence-electron chi connectivity index (χ4n) is 4.84. The van der Waals surface area contributed by atoms with Crippen LogP contribution in [0.2, 0.25) is 0 Å². The van der Waals surface area contributed by atoms with E-state index >= 15 is 0 Å². The van der Waals surface area contributed by atoms with Crippen molar-refractivity contribution in [2.75, 3.05) is 31.6 Å². The lowest BCUT2D eigenvalue weighted by atomic mass is 10.0. The number of fused-ring (bicyclic) bond motifs is 1. The van der Waals surface area contributed by atoms with Gasteiger partial charge in [-0.3, -0.25) is 4.79 Å². The van der Waals surface area contributed by atoms with Crippen molar-refractivity contribution in [2.24, 2.45) is 0 Å². The van der Waals surface area contributed by atoms with Crippen LogP contribution in [0.4, 0.5) is 5.69 Å². The van der Waals surface area contributed by atoms with E-state index < -0.39 is 10.0 Å². The number of aryl methyl sites for hydroxylation is 4. The van der Waals surface area contributed by atoms with E-state index in [-0.39, 0.29) is 16.5 Å². The van der Waals surface area contributed by atoms with Gasteiger partial charge in [-0.05, 0) is 62.1 Å². The molecular formula is C28H31N5O4S. The first-order valence-electron chi connectivity index (χ1n) is 12.7. The van der Waals surface area contributed by atoms with Gasteiger partial charge >= 0.3 is 0 Å². The predicted octanol–water partition coefficient (Wildman–Crippen LogP) is 4.16. The van der Waals surface area contributed by atoms with Crippen molar-refractivity contribution in [3.05, 3.63) is 76.7 Å². The zero-order valence-electron chi connectivity index (χ0n) is 22.0. The van der Waals surface area contributed by atoms with Crippen LogP contribution in [0.1, 0.15) is 39.9 Å². The number of hydrogen-bond donors (Lipinski definition) is 1. The summed E-state index contributed by atoms with van der Waals surface area (Å²) in [5, 5.41) is 7.66. The van der Waals surface area contributed by atoms with Gasteiger partial charge in [0.2, 0.25) is 10.0 Å². The molecule has 1 N–H and O–H groups in total. The molecule has 0 spiro atoms. The van der Waals surface area contributed by atoms with Gasteiger partial charge in [0.05, 0.1) is 23.7 Å². The summed E-state index contributed by atoms with van der Waals surface area (Å²) in [7, 11) is -3.76. The highest BCUT2D eigenvalue weighted by molar-refractivity contribution is 7.89. The van der Waals surface area contributed by atoms with E-state index in [0.29, 0.717) is 54.3 Å². The highest BCUT2D eigenvalue weighted by Gasteiger charge is 2.30. The minimum atomic E-state index is -3.76. The molecule has 0 aliphatic carbocycles. The highest BCUT2D eigenvalue weighted by atomic mass is 32.2. The van der Waals surface area contributed by atoms with Crippen LogP contribution in [0.25, 0.3) is 16.8 Å². The van der Waals surface area contributed by atoms with Crippen LogP contribution in [0.3, 0.4) is 0 Å². The van der Waals surface area contributed by atoms with Gasteiger partial charge in [0.15, 0.2) is 11.3 Å². The van der Waals surface area contributed by atoms with Crippen LogP contribution < -0.4 is 5.32 Å². The highest BCUT2D eigenvalue weighted by Crippen LogP contribution is 2.33. The summed E-state index contributed by atoms with van der Waals surface area (Å²) >= 11 is 0. The largest absolute Gasteiger partial charge is 0.379 e. The Balaban J connectivity index is 1.67. The summed E-state index contributed by atoms with van der Waals surface area (Å²) in [6.45, 7) is 8.89. The second-order valence-corrected chi connectivity index (χ2v) is 11.4. The second kappa shape index (κ2) is 10.3. The van der Waals surface area contributed by atoms with Crippen molar-refractivity contribution < 1.29 is 17.9 Å². The van der Waals surface area contributed by atoms with Crippen molar-refractivity contribution >= 4 is 27.3 Å². The number of carbonyl (C=O) groups is 1. The number of benzene rings is 2. The van der Waals surface area contributed by atoms with Crippen molar-refractivity contribution in [1.82, 2.24) is 18.9 Å². The minimum Gasteiger partial charge on any atom is -0.379 e. The molecule has 0 atom stereocenters. The maximum atomic E-state index is 13.7. The van der Waals surface area contributed by atoms with E-state index in [4.69, 9.17) is 9.72 Å². The summed E-state index contributed by atoms with van der Waals surface area (Å²) in [6.07, 6.45) is 0.759. The molecule has 1 saturated heterocycles. The molecule has 3 heterocycles. The Morgan fingerprint density at radius 3 is 2.53 bits per heavy atom. The number of amides is 1. The van der Waals surface area contributed by atoms with Gasteiger partial charge in [-0.1, -0.05) is 37.3 Å². The van der Waals surface area contributed by atoms with Crippen molar-refractivity contribution in [3.63, 3.8) is 0 Å². The van der Waals surface area contributed by atoms with Crippen LogP contribution in [0.15, 0.2) is 53.4 Å². The number of ether oxygens (including phenoxy) is 1. The smallest absolute Gasteiger partial charge is 0.276 e. The van der Waals surface area contributed by atoms with E-state index in [0.717, 1.165) is 23.4 Å². The monoisotopic (exact) mass is 533 g/mol. The molecule has 0 radical (unpaired) electrons.